The van der Waals surface area contributed by atoms with Crippen LogP contribution in [-0.4, -0.2) is 27.5 Å². The normalized spacial score (nSPS) is 12.0. The van der Waals surface area contributed by atoms with Crippen molar-refractivity contribution in [3.8, 4) is 0 Å². The summed E-state index contributed by atoms with van der Waals surface area (Å²) in [6.07, 6.45) is 0. The molecular weight excluding hydrogens is 327 g/mol. The highest BCUT2D eigenvalue weighted by atomic mass is 35.5. The van der Waals surface area contributed by atoms with Gasteiger partial charge in [0.25, 0.3) is 0 Å². The number of ether oxygens (including phenoxy) is 1. The van der Waals surface area contributed by atoms with E-state index in [1.165, 1.54) is 4.68 Å². The molecule has 1 N–H and O–H groups in total. The standard InChI is InChI=1S/C15H14Cl2N2O3/c1-3-22-15(21)10(9-7-5-4-6-8-9)12(20)11-13(16)18-19(2)14(11)17/h4-8,20H,3H2,1-2H3/b12-10+. The molecule has 2 aromatic rings. The molecule has 2 rings (SSSR count). The summed E-state index contributed by atoms with van der Waals surface area (Å²) in [6, 6.07) is 8.65. The number of aryl methyl sites for hydroxylation is 1. The van der Waals surface area contributed by atoms with E-state index in [1.54, 1.807) is 44.3 Å². The van der Waals surface area contributed by atoms with Crippen LogP contribution in [0.4, 0.5) is 0 Å². The summed E-state index contributed by atoms with van der Waals surface area (Å²) in [5, 5.41) is 14.6. The first-order valence-corrected chi connectivity index (χ1v) is 7.27. The second kappa shape index (κ2) is 6.85. The van der Waals surface area contributed by atoms with Crippen LogP contribution in [0.15, 0.2) is 30.3 Å². The number of nitrogens with zero attached hydrogens (tertiary/aromatic N) is 2. The third kappa shape index (κ3) is 3.10. The Bertz CT molecular complexity index is 724. The maximum atomic E-state index is 12.2. The minimum Gasteiger partial charge on any atom is -0.506 e. The molecule has 0 amide bonds. The van der Waals surface area contributed by atoms with Crippen LogP contribution in [0, 0.1) is 0 Å². The van der Waals surface area contributed by atoms with Gasteiger partial charge in [-0.1, -0.05) is 53.5 Å². The molecule has 0 bridgehead atoms. The van der Waals surface area contributed by atoms with Gasteiger partial charge in [0.2, 0.25) is 0 Å². The van der Waals surface area contributed by atoms with Crippen LogP contribution >= 0.6 is 23.2 Å². The number of aliphatic hydroxyl groups excluding tert-OH is 1. The molecule has 0 aliphatic rings. The highest BCUT2D eigenvalue weighted by Gasteiger charge is 2.25. The first-order valence-electron chi connectivity index (χ1n) is 6.51. The number of hydrogen-bond donors (Lipinski definition) is 1. The molecule has 116 valence electrons. The smallest absolute Gasteiger partial charge is 0.342 e. The second-order valence-electron chi connectivity index (χ2n) is 4.39. The van der Waals surface area contributed by atoms with Gasteiger partial charge in [-0.25, -0.2) is 4.79 Å². The summed E-state index contributed by atoms with van der Waals surface area (Å²) in [7, 11) is 1.58. The molecule has 1 aromatic heterocycles. The lowest BCUT2D eigenvalue weighted by atomic mass is 10.0. The van der Waals surface area contributed by atoms with Crippen molar-refractivity contribution in [2.45, 2.75) is 6.92 Å². The minimum absolute atomic E-state index is 0.00253. The van der Waals surface area contributed by atoms with Crippen LogP contribution in [0.1, 0.15) is 18.1 Å². The minimum atomic E-state index is -0.665. The van der Waals surface area contributed by atoms with Gasteiger partial charge in [-0.05, 0) is 12.5 Å². The fraction of sp³-hybridized carbons (Fsp3) is 0.200. The highest BCUT2D eigenvalue weighted by Crippen LogP contribution is 2.34. The molecule has 0 fully saturated rings. The Morgan fingerprint density at radius 3 is 2.45 bits per heavy atom. The van der Waals surface area contributed by atoms with Crippen molar-refractivity contribution < 1.29 is 14.6 Å². The molecule has 1 aromatic carbocycles. The van der Waals surface area contributed by atoms with E-state index >= 15 is 0 Å². The van der Waals surface area contributed by atoms with E-state index in [0.29, 0.717) is 5.56 Å². The number of esters is 1. The van der Waals surface area contributed by atoms with Gasteiger partial charge >= 0.3 is 5.97 Å². The number of hydrogen-bond acceptors (Lipinski definition) is 4. The van der Waals surface area contributed by atoms with Crippen LogP contribution < -0.4 is 0 Å². The Balaban J connectivity index is 2.68. The van der Waals surface area contributed by atoms with E-state index in [9.17, 15) is 9.90 Å². The molecular formula is C15H14Cl2N2O3. The van der Waals surface area contributed by atoms with Crippen molar-refractivity contribution in [3.05, 3.63) is 51.8 Å². The average molecular weight is 341 g/mol. The van der Waals surface area contributed by atoms with Gasteiger partial charge < -0.3 is 9.84 Å². The Morgan fingerprint density at radius 1 is 1.32 bits per heavy atom. The predicted molar refractivity (Wildman–Crippen MR) is 85.7 cm³/mol. The number of aromatic nitrogens is 2. The van der Waals surface area contributed by atoms with Crippen LogP contribution in [0.2, 0.25) is 10.3 Å². The van der Waals surface area contributed by atoms with Crippen molar-refractivity contribution in [2.75, 3.05) is 6.61 Å². The Morgan fingerprint density at radius 2 is 1.95 bits per heavy atom. The number of carbonyl (C=O) groups excluding carboxylic acids is 1. The first-order chi connectivity index (χ1) is 10.5. The SMILES string of the molecule is CCOC(=O)/C(=C(/O)c1c(Cl)nn(C)c1Cl)c1ccccc1. The van der Waals surface area contributed by atoms with E-state index in [-0.39, 0.29) is 33.8 Å². The molecule has 0 saturated heterocycles. The molecule has 5 nitrogen and oxygen atoms in total. The van der Waals surface area contributed by atoms with E-state index in [1.807, 2.05) is 0 Å². The number of halogens is 2. The van der Waals surface area contributed by atoms with Crippen LogP contribution in [0.3, 0.4) is 0 Å². The third-order valence-corrected chi connectivity index (χ3v) is 3.65. The van der Waals surface area contributed by atoms with Gasteiger partial charge in [0.05, 0.1) is 12.2 Å². The van der Waals surface area contributed by atoms with Crippen molar-refractivity contribution in [3.63, 3.8) is 0 Å². The second-order valence-corrected chi connectivity index (χ2v) is 5.11. The van der Waals surface area contributed by atoms with Gasteiger partial charge in [-0.15, -0.1) is 0 Å². The lowest BCUT2D eigenvalue weighted by Gasteiger charge is -2.10. The summed E-state index contributed by atoms with van der Waals surface area (Å²) in [5.41, 5.74) is 0.575. The van der Waals surface area contributed by atoms with Gasteiger partial charge in [0.1, 0.15) is 16.5 Å². The summed E-state index contributed by atoms with van der Waals surface area (Å²) in [4.78, 5) is 12.2. The number of benzene rings is 1. The third-order valence-electron chi connectivity index (χ3n) is 2.95. The molecule has 1 heterocycles. The molecule has 0 radical (unpaired) electrons. The summed E-state index contributed by atoms with van der Waals surface area (Å²) in [5.74, 6) is -1.03. The highest BCUT2D eigenvalue weighted by molar-refractivity contribution is 6.38. The van der Waals surface area contributed by atoms with Crippen molar-refractivity contribution >= 4 is 40.5 Å². The monoisotopic (exact) mass is 340 g/mol. The van der Waals surface area contributed by atoms with Crippen LogP contribution in [0.25, 0.3) is 11.3 Å². The molecule has 7 heteroatoms. The van der Waals surface area contributed by atoms with Crippen molar-refractivity contribution in [1.82, 2.24) is 9.78 Å². The molecule has 0 aliphatic heterocycles. The molecule has 0 aliphatic carbocycles. The predicted octanol–water partition coefficient (Wildman–Crippen LogP) is 3.72. The van der Waals surface area contributed by atoms with Crippen molar-refractivity contribution in [1.29, 1.82) is 0 Å². The van der Waals surface area contributed by atoms with Crippen LogP contribution in [-0.2, 0) is 16.6 Å². The number of aliphatic hydroxyl groups is 1. The van der Waals surface area contributed by atoms with E-state index < -0.39 is 5.97 Å². The van der Waals surface area contributed by atoms with Gasteiger partial charge in [-0.3, -0.25) is 4.68 Å². The maximum Gasteiger partial charge on any atom is 0.342 e. The first kappa shape index (κ1) is 16.4. The van der Waals surface area contributed by atoms with Crippen molar-refractivity contribution in [2.24, 2.45) is 7.05 Å². The Hall–Kier alpha value is -1.98. The zero-order valence-corrected chi connectivity index (χ0v) is 13.5. The maximum absolute atomic E-state index is 12.2. The quantitative estimate of drug-likeness (QED) is 0.523. The largest absolute Gasteiger partial charge is 0.506 e. The zero-order chi connectivity index (χ0) is 16.3. The molecule has 0 atom stereocenters. The fourth-order valence-corrected chi connectivity index (χ4v) is 2.51. The van der Waals surface area contributed by atoms with Crippen LogP contribution in [0.5, 0.6) is 0 Å². The number of carbonyl (C=O) groups is 1. The summed E-state index contributed by atoms with van der Waals surface area (Å²) < 4.78 is 6.33. The van der Waals surface area contributed by atoms with Gasteiger partial charge in [-0.2, -0.15) is 5.10 Å². The van der Waals surface area contributed by atoms with E-state index in [4.69, 9.17) is 27.9 Å². The zero-order valence-electron chi connectivity index (χ0n) is 12.0. The van der Waals surface area contributed by atoms with E-state index in [0.717, 1.165) is 0 Å². The topological polar surface area (TPSA) is 64.3 Å². The molecule has 0 spiro atoms. The molecule has 0 saturated carbocycles. The molecule has 22 heavy (non-hydrogen) atoms. The summed E-state index contributed by atoms with van der Waals surface area (Å²) in [6.45, 7) is 1.86. The summed E-state index contributed by atoms with van der Waals surface area (Å²) >= 11 is 12.1. The number of rotatable bonds is 4. The fourth-order valence-electron chi connectivity index (χ4n) is 1.95. The Kier molecular flexibility index (Phi) is 5.11. The van der Waals surface area contributed by atoms with Gasteiger partial charge in [0, 0.05) is 7.05 Å². The molecule has 0 unspecified atom stereocenters. The lowest BCUT2D eigenvalue weighted by Crippen LogP contribution is -2.09. The van der Waals surface area contributed by atoms with E-state index in [2.05, 4.69) is 5.10 Å². The Labute approximate surface area is 137 Å². The average Bonchev–Trinajstić information content (AvgIpc) is 2.73. The lowest BCUT2D eigenvalue weighted by molar-refractivity contribution is -0.136. The van der Waals surface area contributed by atoms with Gasteiger partial charge in [0.15, 0.2) is 5.15 Å².